The van der Waals surface area contributed by atoms with Gasteiger partial charge in [0.15, 0.2) is 5.78 Å². The van der Waals surface area contributed by atoms with E-state index in [0.717, 1.165) is 3.57 Å². The zero-order chi connectivity index (χ0) is 13.1. The normalized spacial score (nSPS) is 12.2. The molecule has 0 saturated carbocycles. The number of hydrogen-bond donors (Lipinski definition) is 1. The Kier molecular flexibility index (Phi) is 4.37. The standard InChI is InChI=1S/C14H10ClIO2/c15-10-7-4-8-11(16)12(10)14(18)13(17)9-5-2-1-3-6-9/h1-8,13,17H. The van der Waals surface area contributed by atoms with Crippen molar-refractivity contribution in [2.24, 2.45) is 0 Å². The number of Topliss-reactive ketones (excluding diaryl/α,β-unsaturated/α-hetero) is 1. The van der Waals surface area contributed by atoms with E-state index in [-0.39, 0.29) is 5.78 Å². The molecular weight excluding hydrogens is 363 g/mol. The number of halogens is 2. The molecule has 0 spiro atoms. The number of benzene rings is 2. The van der Waals surface area contributed by atoms with Gasteiger partial charge in [0.25, 0.3) is 0 Å². The van der Waals surface area contributed by atoms with E-state index >= 15 is 0 Å². The average Bonchev–Trinajstić information content (AvgIpc) is 2.38. The lowest BCUT2D eigenvalue weighted by atomic mass is 10.00. The molecule has 1 atom stereocenters. The monoisotopic (exact) mass is 372 g/mol. The van der Waals surface area contributed by atoms with Gasteiger partial charge < -0.3 is 5.11 Å². The average molecular weight is 373 g/mol. The van der Waals surface area contributed by atoms with Gasteiger partial charge in [-0.1, -0.05) is 48.0 Å². The summed E-state index contributed by atoms with van der Waals surface area (Å²) < 4.78 is 0.736. The molecule has 0 amide bonds. The summed E-state index contributed by atoms with van der Waals surface area (Å²) in [5.41, 5.74) is 0.939. The van der Waals surface area contributed by atoms with Crippen LogP contribution in [0.1, 0.15) is 22.0 Å². The fraction of sp³-hybridized carbons (Fsp3) is 0.0714. The Morgan fingerprint density at radius 2 is 1.78 bits per heavy atom. The first-order chi connectivity index (χ1) is 8.61. The third kappa shape index (κ3) is 2.74. The number of aliphatic hydroxyl groups is 1. The predicted molar refractivity (Wildman–Crippen MR) is 79.9 cm³/mol. The number of rotatable bonds is 3. The van der Waals surface area contributed by atoms with Crippen LogP contribution in [0.15, 0.2) is 48.5 Å². The molecule has 0 aliphatic rings. The predicted octanol–water partition coefficient (Wildman–Crippen LogP) is 3.86. The van der Waals surface area contributed by atoms with Crippen LogP contribution >= 0.6 is 34.2 Å². The number of aliphatic hydroxyl groups excluding tert-OH is 1. The molecule has 2 rings (SSSR count). The van der Waals surface area contributed by atoms with Crippen LogP contribution in [-0.4, -0.2) is 10.9 Å². The summed E-state index contributed by atoms with van der Waals surface area (Å²) in [5.74, 6) is -0.379. The molecule has 0 aliphatic carbocycles. The number of hydrogen-bond acceptors (Lipinski definition) is 2. The molecule has 0 heterocycles. The van der Waals surface area contributed by atoms with E-state index in [2.05, 4.69) is 0 Å². The van der Waals surface area contributed by atoms with Gasteiger partial charge in [0.2, 0.25) is 0 Å². The Balaban J connectivity index is 2.38. The van der Waals surface area contributed by atoms with Gasteiger partial charge in [-0.05, 0) is 40.3 Å². The van der Waals surface area contributed by atoms with Crippen LogP contribution in [0.25, 0.3) is 0 Å². The number of ketones is 1. The minimum Gasteiger partial charge on any atom is -0.380 e. The van der Waals surface area contributed by atoms with Crippen molar-refractivity contribution >= 4 is 40.0 Å². The molecule has 0 bridgehead atoms. The second-order valence-electron chi connectivity index (χ2n) is 3.77. The molecule has 0 aliphatic heterocycles. The highest BCUT2D eigenvalue weighted by Crippen LogP contribution is 2.27. The Bertz CT molecular complexity index is 549. The molecule has 1 unspecified atom stereocenters. The van der Waals surface area contributed by atoms with Gasteiger partial charge in [0.1, 0.15) is 6.10 Å². The van der Waals surface area contributed by atoms with Crippen LogP contribution in [-0.2, 0) is 0 Å². The molecular formula is C14H10ClIO2. The van der Waals surface area contributed by atoms with Gasteiger partial charge in [-0.15, -0.1) is 0 Å². The van der Waals surface area contributed by atoms with Crippen LogP contribution in [0, 0.1) is 3.57 Å². The first kappa shape index (κ1) is 13.5. The van der Waals surface area contributed by atoms with Gasteiger partial charge >= 0.3 is 0 Å². The van der Waals surface area contributed by atoms with E-state index in [1.165, 1.54) is 0 Å². The van der Waals surface area contributed by atoms with E-state index < -0.39 is 6.10 Å². The maximum Gasteiger partial charge on any atom is 0.198 e. The van der Waals surface area contributed by atoms with Gasteiger partial charge in [-0.3, -0.25) is 4.79 Å². The van der Waals surface area contributed by atoms with E-state index in [9.17, 15) is 9.90 Å². The topological polar surface area (TPSA) is 37.3 Å². The Labute approximate surface area is 124 Å². The van der Waals surface area contributed by atoms with Crippen molar-refractivity contribution in [1.82, 2.24) is 0 Å². The summed E-state index contributed by atoms with van der Waals surface area (Å²) in [6.07, 6.45) is -1.18. The third-order valence-corrected chi connectivity index (χ3v) is 3.79. The quantitative estimate of drug-likeness (QED) is 0.656. The molecule has 0 saturated heterocycles. The highest BCUT2D eigenvalue weighted by atomic mass is 127. The lowest BCUT2D eigenvalue weighted by Gasteiger charge is -2.12. The van der Waals surface area contributed by atoms with E-state index in [1.807, 2.05) is 28.7 Å². The molecule has 4 heteroatoms. The fourth-order valence-electron chi connectivity index (χ4n) is 1.66. The van der Waals surface area contributed by atoms with Crippen molar-refractivity contribution in [2.75, 3.05) is 0 Å². The maximum atomic E-state index is 12.2. The van der Waals surface area contributed by atoms with Crippen LogP contribution in [0.2, 0.25) is 5.02 Å². The largest absolute Gasteiger partial charge is 0.380 e. The SMILES string of the molecule is O=C(c1c(Cl)cccc1I)C(O)c1ccccc1. The minimum atomic E-state index is -1.18. The molecule has 18 heavy (non-hydrogen) atoms. The molecule has 2 aromatic rings. The lowest BCUT2D eigenvalue weighted by Crippen LogP contribution is -2.14. The summed E-state index contributed by atoms with van der Waals surface area (Å²) in [6.45, 7) is 0. The molecule has 0 aromatic heterocycles. The van der Waals surface area contributed by atoms with Crippen LogP contribution in [0.3, 0.4) is 0 Å². The van der Waals surface area contributed by atoms with Gasteiger partial charge in [0, 0.05) is 3.57 Å². The second kappa shape index (κ2) is 5.82. The highest BCUT2D eigenvalue weighted by molar-refractivity contribution is 14.1. The third-order valence-electron chi connectivity index (χ3n) is 2.57. The minimum absolute atomic E-state index is 0.363. The summed E-state index contributed by atoms with van der Waals surface area (Å²) in [5, 5.41) is 10.4. The van der Waals surface area contributed by atoms with E-state index in [4.69, 9.17) is 11.6 Å². The zero-order valence-electron chi connectivity index (χ0n) is 9.31. The summed E-state index contributed by atoms with van der Waals surface area (Å²) in [7, 11) is 0. The van der Waals surface area contributed by atoms with Gasteiger partial charge in [0.05, 0.1) is 10.6 Å². The Hall–Kier alpha value is -0.910. The van der Waals surface area contributed by atoms with Crippen molar-refractivity contribution < 1.29 is 9.90 Å². The first-order valence-corrected chi connectivity index (χ1v) is 6.78. The highest BCUT2D eigenvalue weighted by Gasteiger charge is 2.23. The summed E-state index contributed by atoms with van der Waals surface area (Å²) >= 11 is 8.06. The first-order valence-electron chi connectivity index (χ1n) is 5.32. The van der Waals surface area contributed by atoms with E-state index in [1.54, 1.807) is 42.5 Å². The van der Waals surface area contributed by atoms with Crippen LogP contribution < -0.4 is 0 Å². The number of carbonyl (C=O) groups excluding carboxylic acids is 1. The smallest absolute Gasteiger partial charge is 0.198 e. The van der Waals surface area contributed by atoms with Crippen molar-refractivity contribution in [1.29, 1.82) is 0 Å². The Morgan fingerprint density at radius 1 is 1.11 bits per heavy atom. The molecule has 2 aromatic carbocycles. The van der Waals surface area contributed by atoms with E-state index in [0.29, 0.717) is 16.1 Å². The summed E-state index contributed by atoms with van der Waals surface area (Å²) in [4.78, 5) is 12.2. The van der Waals surface area contributed by atoms with Crippen molar-refractivity contribution in [3.8, 4) is 0 Å². The van der Waals surface area contributed by atoms with Crippen molar-refractivity contribution in [2.45, 2.75) is 6.10 Å². The molecule has 0 radical (unpaired) electrons. The maximum absolute atomic E-state index is 12.2. The summed E-state index contributed by atoms with van der Waals surface area (Å²) in [6, 6.07) is 14.0. The molecule has 2 nitrogen and oxygen atoms in total. The van der Waals surface area contributed by atoms with Crippen LogP contribution in [0.4, 0.5) is 0 Å². The van der Waals surface area contributed by atoms with Crippen LogP contribution in [0.5, 0.6) is 0 Å². The van der Waals surface area contributed by atoms with Crippen molar-refractivity contribution in [3.63, 3.8) is 0 Å². The fourth-order valence-corrected chi connectivity index (χ4v) is 2.85. The van der Waals surface area contributed by atoms with Crippen molar-refractivity contribution in [3.05, 3.63) is 68.3 Å². The van der Waals surface area contributed by atoms with Gasteiger partial charge in [-0.25, -0.2) is 0 Å². The lowest BCUT2D eigenvalue weighted by molar-refractivity contribution is 0.0746. The molecule has 0 fully saturated rings. The van der Waals surface area contributed by atoms with Gasteiger partial charge in [-0.2, -0.15) is 0 Å². The zero-order valence-corrected chi connectivity index (χ0v) is 12.2. The molecule has 1 N–H and O–H groups in total. The number of carbonyl (C=O) groups is 1. The Morgan fingerprint density at radius 3 is 2.39 bits per heavy atom. The second-order valence-corrected chi connectivity index (χ2v) is 5.34. The molecule has 92 valence electrons.